The highest BCUT2D eigenvalue weighted by Crippen LogP contribution is 2.37. The molecule has 3 aromatic rings. The number of nitrogens with zero attached hydrogens (tertiary/aromatic N) is 2. The van der Waals surface area contributed by atoms with Gasteiger partial charge >= 0.3 is 0 Å². The van der Waals surface area contributed by atoms with Crippen molar-refractivity contribution in [2.24, 2.45) is 5.73 Å². The van der Waals surface area contributed by atoms with Crippen molar-refractivity contribution in [3.05, 3.63) is 65.9 Å². The van der Waals surface area contributed by atoms with E-state index in [0.717, 1.165) is 11.1 Å². The number of primary amides is 1. The monoisotopic (exact) mass is 419 g/mol. The first-order valence-electron chi connectivity index (χ1n) is 9.64. The lowest BCUT2D eigenvalue weighted by atomic mass is 10.0. The van der Waals surface area contributed by atoms with E-state index in [4.69, 9.17) is 10.5 Å². The highest BCUT2D eigenvalue weighted by atomic mass is 16.5. The number of hydrogen-bond donors (Lipinski definition) is 3. The molecule has 1 unspecified atom stereocenters. The normalized spacial score (nSPS) is 15.1. The molecule has 0 spiro atoms. The summed E-state index contributed by atoms with van der Waals surface area (Å²) in [6, 6.07) is 14.9. The third kappa shape index (κ3) is 4.03. The largest absolute Gasteiger partial charge is 0.378 e. The molecular weight excluding hydrogens is 398 g/mol. The zero-order valence-electron chi connectivity index (χ0n) is 16.8. The van der Waals surface area contributed by atoms with Crippen molar-refractivity contribution in [1.29, 1.82) is 0 Å². The number of carbonyl (C=O) groups excluding carboxylic acids is 3. The van der Waals surface area contributed by atoms with Crippen LogP contribution in [0.25, 0.3) is 11.1 Å². The van der Waals surface area contributed by atoms with Crippen LogP contribution in [-0.2, 0) is 20.9 Å². The van der Waals surface area contributed by atoms with Crippen molar-refractivity contribution in [3.8, 4) is 11.1 Å². The summed E-state index contributed by atoms with van der Waals surface area (Å²) in [4.78, 5) is 36.7. The lowest BCUT2D eigenvalue weighted by Gasteiger charge is -2.24. The Kier molecular flexibility index (Phi) is 5.50. The van der Waals surface area contributed by atoms with Crippen LogP contribution in [0.3, 0.4) is 0 Å². The van der Waals surface area contributed by atoms with Crippen molar-refractivity contribution in [2.75, 3.05) is 17.7 Å². The molecule has 4 rings (SSSR count). The maximum atomic E-state index is 13.0. The van der Waals surface area contributed by atoms with Gasteiger partial charge in [0.1, 0.15) is 11.9 Å². The van der Waals surface area contributed by atoms with E-state index in [1.54, 1.807) is 19.2 Å². The van der Waals surface area contributed by atoms with E-state index in [0.29, 0.717) is 22.8 Å². The number of methoxy groups -OCH3 is 1. The van der Waals surface area contributed by atoms with Crippen molar-refractivity contribution in [2.45, 2.75) is 19.1 Å². The smallest absolute Gasteiger partial charge is 0.249 e. The third-order valence-corrected chi connectivity index (χ3v) is 5.00. The van der Waals surface area contributed by atoms with Crippen molar-refractivity contribution in [1.82, 2.24) is 9.78 Å². The molecule has 0 radical (unpaired) electrons. The highest BCUT2D eigenvalue weighted by molar-refractivity contribution is 6.03. The van der Waals surface area contributed by atoms with E-state index in [2.05, 4.69) is 15.7 Å². The van der Waals surface area contributed by atoms with Gasteiger partial charge in [-0.2, -0.15) is 5.10 Å². The Labute approximate surface area is 178 Å². The van der Waals surface area contributed by atoms with Gasteiger partial charge in [-0.25, -0.2) is 4.68 Å². The standard InChI is InChI=1S/C22H21N5O4/c1-31-12-16-19(13-5-3-2-4-6-13)21-25-18(28)11-17(27(21)26-16)22(30)24-15-9-7-14(8-10-15)20(23)29/h2-10,17H,11-12H2,1H3,(H2,23,29)(H,24,30)(H,25,28). The molecule has 158 valence electrons. The molecule has 0 bridgehead atoms. The zero-order chi connectivity index (χ0) is 22.0. The van der Waals surface area contributed by atoms with Crippen LogP contribution in [0.1, 0.15) is 28.5 Å². The fourth-order valence-electron chi connectivity index (χ4n) is 3.56. The topological polar surface area (TPSA) is 128 Å². The molecule has 1 aromatic heterocycles. The molecule has 0 fully saturated rings. The SMILES string of the molecule is COCc1nn2c(c1-c1ccccc1)NC(=O)CC2C(=O)Nc1ccc(C(N)=O)cc1. The summed E-state index contributed by atoms with van der Waals surface area (Å²) in [6.45, 7) is 0.225. The van der Waals surface area contributed by atoms with Crippen LogP contribution in [-0.4, -0.2) is 34.6 Å². The van der Waals surface area contributed by atoms with Gasteiger partial charge in [-0.1, -0.05) is 30.3 Å². The second kappa shape index (κ2) is 8.41. The lowest BCUT2D eigenvalue weighted by molar-refractivity contribution is -0.125. The second-order valence-electron chi connectivity index (χ2n) is 7.11. The van der Waals surface area contributed by atoms with Gasteiger partial charge in [-0.3, -0.25) is 14.4 Å². The average Bonchev–Trinajstić information content (AvgIpc) is 3.12. The maximum Gasteiger partial charge on any atom is 0.249 e. The minimum atomic E-state index is -0.840. The van der Waals surface area contributed by atoms with E-state index >= 15 is 0 Å². The first-order chi connectivity index (χ1) is 15.0. The van der Waals surface area contributed by atoms with Gasteiger partial charge in [0.25, 0.3) is 0 Å². The van der Waals surface area contributed by atoms with Crippen LogP contribution in [0.5, 0.6) is 0 Å². The number of ether oxygens (including phenoxy) is 1. The van der Waals surface area contributed by atoms with Crippen LogP contribution in [0.2, 0.25) is 0 Å². The molecule has 1 aliphatic rings. The van der Waals surface area contributed by atoms with E-state index in [1.165, 1.54) is 16.8 Å². The molecule has 1 aliphatic heterocycles. The summed E-state index contributed by atoms with van der Waals surface area (Å²) in [6.07, 6.45) is -0.0550. The molecule has 0 saturated carbocycles. The predicted octanol–water partition coefficient (Wildman–Crippen LogP) is 2.32. The Morgan fingerprint density at radius 1 is 1.19 bits per heavy atom. The number of anilines is 2. The summed E-state index contributed by atoms with van der Waals surface area (Å²) in [5, 5.41) is 10.2. The molecule has 0 saturated heterocycles. The van der Waals surface area contributed by atoms with E-state index in [9.17, 15) is 14.4 Å². The van der Waals surface area contributed by atoms with Gasteiger partial charge in [0.15, 0.2) is 0 Å². The van der Waals surface area contributed by atoms with Crippen LogP contribution < -0.4 is 16.4 Å². The number of carbonyl (C=O) groups is 3. The third-order valence-electron chi connectivity index (χ3n) is 5.00. The van der Waals surface area contributed by atoms with Gasteiger partial charge in [0.2, 0.25) is 17.7 Å². The number of rotatable bonds is 6. The molecule has 0 aliphatic carbocycles. The van der Waals surface area contributed by atoms with Crippen LogP contribution in [0.4, 0.5) is 11.5 Å². The first-order valence-corrected chi connectivity index (χ1v) is 9.64. The number of aromatic nitrogens is 2. The van der Waals surface area contributed by atoms with Crippen LogP contribution in [0, 0.1) is 0 Å². The van der Waals surface area contributed by atoms with Gasteiger partial charge < -0.3 is 21.1 Å². The highest BCUT2D eigenvalue weighted by Gasteiger charge is 2.35. The molecule has 1 atom stereocenters. The number of benzene rings is 2. The minimum Gasteiger partial charge on any atom is -0.378 e. The summed E-state index contributed by atoms with van der Waals surface area (Å²) in [5.74, 6) is -0.771. The van der Waals surface area contributed by atoms with Crippen LogP contribution >= 0.6 is 0 Å². The molecule has 4 N–H and O–H groups in total. The summed E-state index contributed by atoms with van der Waals surface area (Å²) >= 11 is 0. The molecule has 9 heteroatoms. The maximum absolute atomic E-state index is 13.0. The molecule has 3 amide bonds. The minimum absolute atomic E-state index is 0.0550. The Bertz CT molecular complexity index is 1140. The van der Waals surface area contributed by atoms with Crippen molar-refractivity contribution in [3.63, 3.8) is 0 Å². The number of nitrogens with two attached hydrogens (primary N) is 1. The van der Waals surface area contributed by atoms with Crippen molar-refractivity contribution >= 4 is 29.2 Å². The summed E-state index contributed by atoms with van der Waals surface area (Å²) < 4.78 is 6.82. The van der Waals surface area contributed by atoms with Gasteiger partial charge in [-0.05, 0) is 29.8 Å². The number of amides is 3. The van der Waals surface area contributed by atoms with Gasteiger partial charge in [0.05, 0.1) is 18.7 Å². The molecule has 31 heavy (non-hydrogen) atoms. The number of hydrogen-bond acceptors (Lipinski definition) is 5. The molecule has 2 aromatic carbocycles. The lowest BCUT2D eigenvalue weighted by Crippen LogP contribution is -2.35. The van der Waals surface area contributed by atoms with E-state index in [-0.39, 0.29) is 18.9 Å². The Morgan fingerprint density at radius 3 is 2.55 bits per heavy atom. The van der Waals surface area contributed by atoms with Gasteiger partial charge in [-0.15, -0.1) is 0 Å². The molecular formula is C22H21N5O4. The fourth-order valence-corrected chi connectivity index (χ4v) is 3.56. The summed E-state index contributed by atoms with van der Waals surface area (Å²) in [5.41, 5.74) is 8.26. The Balaban J connectivity index is 1.69. The number of fused-ring (bicyclic) bond motifs is 1. The number of nitrogens with one attached hydrogen (secondary N) is 2. The Morgan fingerprint density at radius 2 is 1.90 bits per heavy atom. The predicted molar refractivity (Wildman–Crippen MR) is 114 cm³/mol. The quantitative estimate of drug-likeness (QED) is 0.565. The van der Waals surface area contributed by atoms with E-state index in [1.807, 2.05) is 30.3 Å². The second-order valence-corrected chi connectivity index (χ2v) is 7.11. The van der Waals surface area contributed by atoms with Crippen molar-refractivity contribution < 1.29 is 19.1 Å². The van der Waals surface area contributed by atoms with Gasteiger partial charge in [0, 0.05) is 23.9 Å². The first kappa shape index (κ1) is 20.3. The fraction of sp³-hybridized carbons (Fsp3) is 0.182. The Hall–Kier alpha value is -3.98. The van der Waals surface area contributed by atoms with Crippen LogP contribution in [0.15, 0.2) is 54.6 Å². The summed E-state index contributed by atoms with van der Waals surface area (Å²) in [7, 11) is 1.56. The zero-order valence-corrected chi connectivity index (χ0v) is 16.8. The molecule has 9 nitrogen and oxygen atoms in total. The van der Waals surface area contributed by atoms with E-state index < -0.39 is 17.9 Å². The molecule has 2 heterocycles. The average molecular weight is 419 g/mol.